The molecule has 1 amide bonds. The number of ether oxygens (including phenoxy) is 1. The smallest absolute Gasteiger partial charge is 0.224 e. The Morgan fingerprint density at radius 3 is 2.72 bits per heavy atom. The first kappa shape index (κ1) is 27.4. The average molecular weight is 527 g/mol. The largest absolute Gasteiger partial charge is 0.385 e. The normalized spacial score (nSPS) is 16.8. The molecule has 2 heterocycles. The van der Waals surface area contributed by atoms with Gasteiger partial charge in [-0.2, -0.15) is 0 Å². The second kappa shape index (κ2) is 12.3. The first-order chi connectivity index (χ1) is 18.9. The van der Waals surface area contributed by atoms with E-state index in [1.165, 1.54) is 27.4 Å². The van der Waals surface area contributed by atoms with Gasteiger partial charge < -0.3 is 19.9 Å². The van der Waals surface area contributed by atoms with Gasteiger partial charge in [-0.25, -0.2) is 4.98 Å². The van der Waals surface area contributed by atoms with Crippen LogP contribution in [-0.4, -0.2) is 53.2 Å². The quantitative estimate of drug-likeness (QED) is 0.257. The van der Waals surface area contributed by atoms with Gasteiger partial charge in [0.05, 0.1) is 11.0 Å². The number of fused-ring (bicyclic) bond motifs is 2. The Bertz CT molecular complexity index is 1430. The summed E-state index contributed by atoms with van der Waals surface area (Å²) in [6, 6.07) is 21.3. The number of methoxy groups -OCH3 is 1. The van der Waals surface area contributed by atoms with Crippen molar-refractivity contribution in [3.8, 4) is 0 Å². The van der Waals surface area contributed by atoms with Crippen molar-refractivity contribution in [2.75, 3.05) is 26.8 Å². The molecule has 0 aliphatic carbocycles. The van der Waals surface area contributed by atoms with Crippen LogP contribution in [0.1, 0.15) is 68.3 Å². The maximum Gasteiger partial charge on any atom is 0.224 e. The molecule has 2 N–H and O–H groups in total. The summed E-state index contributed by atoms with van der Waals surface area (Å²) in [6.45, 7) is 7.50. The van der Waals surface area contributed by atoms with E-state index in [0.29, 0.717) is 31.9 Å². The van der Waals surface area contributed by atoms with Crippen molar-refractivity contribution in [3.05, 3.63) is 77.6 Å². The van der Waals surface area contributed by atoms with Gasteiger partial charge in [0.1, 0.15) is 5.82 Å². The highest BCUT2D eigenvalue weighted by Gasteiger charge is 2.29. The number of hydrogen-bond donors (Lipinski definition) is 1. The highest BCUT2D eigenvalue weighted by Crippen LogP contribution is 2.31. The van der Waals surface area contributed by atoms with Gasteiger partial charge >= 0.3 is 0 Å². The lowest BCUT2D eigenvalue weighted by Gasteiger charge is -2.33. The number of amides is 1. The number of aryl methyl sites for hydroxylation is 1. The Morgan fingerprint density at radius 2 is 1.92 bits per heavy atom. The number of piperidine rings is 1. The van der Waals surface area contributed by atoms with Crippen LogP contribution < -0.4 is 5.73 Å². The van der Waals surface area contributed by atoms with Crippen LogP contribution in [0.25, 0.3) is 21.8 Å². The van der Waals surface area contributed by atoms with Crippen molar-refractivity contribution < 1.29 is 9.53 Å². The third-order valence-corrected chi connectivity index (χ3v) is 8.09. The molecule has 3 aromatic carbocycles. The van der Waals surface area contributed by atoms with Crippen LogP contribution in [0.3, 0.4) is 0 Å². The van der Waals surface area contributed by atoms with Gasteiger partial charge in [-0.1, -0.05) is 62.4 Å². The van der Waals surface area contributed by atoms with E-state index in [1.54, 1.807) is 7.11 Å². The molecule has 2 atom stereocenters. The van der Waals surface area contributed by atoms with E-state index in [0.717, 1.165) is 43.7 Å². The minimum atomic E-state index is -0.202. The lowest BCUT2D eigenvalue weighted by atomic mass is 9.95. The lowest BCUT2D eigenvalue weighted by Crippen LogP contribution is -2.42. The number of aromatic nitrogens is 2. The first-order valence-electron chi connectivity index (χ1n) is 14.4. The number of carbonyl (C=O) groups excluding carboxylic acids is 1. The van der Waals surface area contributed by atoms with E-state index in [1.807, 2.05) is 4.90 Å². The molecule has 1 aliphatic heterocycles. The van der Waals surface area contributed by atoms with E-state index in [2.05, 4.69) is 79.1 Å². The highest BCUT2D eigenvalue weighted by atomic mass is 16.5. The van der Waals surface area contributed by atoms with Crippen molar-refractivity contribution in [2.24, 2.45) is 5.73 Å². The summed E-state index contributed by atoms with van der Waals surface area (Å²) in [5.74, 6) is 1.92. The molecular weight excluding hydrogens is 484 g/mol. The molecule has 5 rings (SSSR count). The highest BCUT2D eigenvalue weighted by molar-refractivity contribution is 5.83. The number of nitrogens with zero attached hydrogens (tertiary/aromatic N) is 3. The number of imidazole rings is 1. The van der Waals surface area contributed by atoms with Crippen molar-refractivity contribution in [2.45, 2.75) is 70.4 Å². The molecule has 1 aromatic heterocycles. The number of likely N-dealkylation sites (tertiary alicyclic amines) is 1. The number of benzene rings is 3. The van der Waals surface area contributed by atoms with E-state index in [4.69, 9.17) is 15.5 Å². The Labute approximate surface area is 232 Å². The third kappa shape index (κ3) is 6.34. The first-order valence-corrected chi connectivity index (χ1v) is 14.4. The number of rotatable bonds is 10. The maximum atomic E-state index is 13.4. The van der Waals surface area contributed by atoms with Crippen LogP contribution in [0, 0.1) is 0 Å². The molecule has 1 aliphatic rings. The zero-order valence-electron chi connectivity index (χ0n) is 23.6. The fourth-order valence-corrected chi connectivity index (χ4v) is 5.95. The molecule has 6 heteroatoms. The van der Waals surface area contributed by atoms with E-state index >= 15 is 0 Å². The maximum absolute atomic E-state index is 13.4. The predicted octanol–water partition coefficient (Wildman–Crippen LogP) is 6.02. The number of hydrogen-bond acceptors (Lipinski definition) is 4. The zero-order valence-corrected chi connectivity index (χ0v) is 23.6. The molecule has 0 bridgehead atoms. The molecule has 0 unspecified atom stereocenters. The van der Waals surface area contributed by atoms with Crippen molar-refractivity contribution in [1.82, 2.24) is 14.5 Å². The zero-order chi connectivity index (χ0) is 27.4. The monoisotopic (exact) mass is 526 g/mol. The predicted molar refractivity (Wildman–Crippen MR) is 159 cm³/mol. The van der Waals surface area contributed by atoms with Crippen LogP contribution >= 0.6 is 0 Å². The second-order valence-corrected chi connectivity index (χ2v) is 11.4. The summed E-state index contributed by atoms with van der Waals surface area (Å²) >= 11 is 0. The van der Waals surface area contributed by atoms with Gasteiger partial charge in [-0.05, 0) is 65.6 Å². The summed E-state index contributed by atoms with van der Waals surface area (Å²) in [5.41, 5.74) is 11.2. The fourth-order valence-electron chi connectivity index (χ4n) is 5.95. The van der Waals surface area contributed by atoms with Gasteiger partial charge in [0, 0.05) is 51.7 Å². The number of carbonyl (C=O) groups is 1. The average Bonchev–Trinajstić information content (AvgIpc) is 3.31. The van der Waals surface area contributed by atoms with Crippen LogP contribution in [0.2, 0.25) is 0 Å². The van der Waals surface area contributed by atoms with Gasteiger partial charge in [0.15, 0.2) is 0 Å². The summed E-state index contributed by atoms with van der Waals surface area (Å²) in [4.78, 5) is 20.6. The van der Waals surface area contributed by atoms with Crippen molar-refractivity contribution >= 4 is 27.7 Å². The molecule has 6 nitrogen and oxygen atoms in total. The molecule has 4 aromatic rings. The minimum Gasteiger partial charge on any atom is -0.385 e. The Balaban J connectivity index is 1.29. The molecule has 39 heavy (non-hydrogen) atoms. The Hall–Kier alpha value is -3.22. The fraction of sp³-hybridized carbons (Fsp3) is 0.455. The molecule has 0 saturated carbocycles. The SMILES string of the molecule is COCCCn1c([C@@H]2CCCN(C(=O)C[C@H](N)Cc3ccc4ccccc4c3)C2)nc2cc(C(C)C)ccc21. The molecule has 0 radical (unpaired) electrons. The van der Waals surface area contributed by atoms with E-state index < -0.39 is 0 Å². The van der Waals surface area contributed by atoms with Crippen LogP contribution in [0.5, 0.6) is 0 Å². The Morgan fingerprint density at radius 1 is 1.10 bits per heavy atom. The summed E-state index contributed by atoms with van der Waals surface area (Å²) in [5, 5.41) is 2.43. The van der Waals surface area contributed by atoms with Gasteiger partial charge in [0.25, 0.3) is 0 Å². The van der Waals surface area contributed by atoms with Gasteiger partial charge in [-0.3, -0.25) is 4.79 Å². The summed E-state index contributed by atoms with van der Waals surface area (Å²) < 4.78 is 7.70. The molecular formula is C33H42N4O2. The van der Waals surface area contributed by atoms with Gasteiger partial charge in [0.2, 0.25) is 5.91 Å². The van der Waals surface area contributed by atoms with Crippen LogP contribution in [0.15, 0.2) is 60.7 Å². The van der Waals surface area contributed by atoms with Crippen molar-refractivity contribution in [1.29, 1.82) is 0 Å². The Kier molecular flexibility index (Phi) is 8.63. The lowest BCUT2D eigenvalue weighted by molar-refractivity contribution is -0.132. The molecule has 0 spiro atoms. The van der Waals surface area contributed by atoms with Crippen LogP contribution in [-0.2, 0) is 22.5 Å². The standard InChI is InChI=1S/C33H42N4O2/c1-23(2)26-13-14-31-30(20-26)35-33(37(31)16-7-17-39-3)28-10-6-15-36(22-28)32(38)21-29(34)19-24-11-12-25-8-4-5-9-27(25)18-24/h4-5,8-9,11-14,18,20,23,28-29H,6-7,10,15-17,19,21-22,34H2,1-3H3/t28-,29-/m1/s1. The molecule has 1 saturated heterocycles. The molecule has 206 valence electrons. The van der Waals surface area contributed by atoms with Crippen LogP contribution in [0.4, 0.5) is 0 Å². The summed E-state index contributed by atoms with van der Waals surface area (Å²) in [7, 11) is 1.75. The van der Waals surface area contributed by atoms with E-state index in [-0.39, 0.29) is 17.9 Å². The second-order valence-electron chi connectivity index (χ2n) is 11.4. The summed E-state index contributed by atoms with van der Waals surface area (Å²) in [6.07, 6.45) is 4.01. The minimum absolute atomic E-state index is 0.150. The topological polar surface area (TPSA) is 73.4 Å². The van der Waals surface area contributed by atoms with Crippen molar-refractivity contribution in [3.63, 3.8) is 0 Å². The third-order valence-electron chi connectivity index (χ3n) is 8.09. The van der Waals surface area contributed by atoms with Gasteiger partial charge in [-0.15, -0.1) is 0 Å². The molecule has 1 fully saturated rings. The van der Waals surface area contributed by atoms with E-state index in [9.17, 15) is 4.79 Å². The number of nitrogens with two attached hydrogens (primary N) is 1.